The SMILES string of the molecule is Cc1cc2c(cc1C1=CC(c3ccc(C(=O)OC(=O)c4ccc(C5C=C(c6ccc7c(c6)C(C)(C)CCC7(C)C)CC5)cc4)cn3)CC1)C(C)(C)CCC2(C)C. The van der Waals surface area contributed by atoms with E-state index in [1.54, 1.807) is 24.4 Å². The lowest BCUT2D eigenvalue weighted by Gasteiger charge is -2.42. The van der Waals surface area contributed by atoms with Crippen molar-refractivity contribution in [2.24, 2.45) is 0 Å². The lowest BCUT2D eigenvalue weighted by Crippen LogP contribution is -2.34. The standard InChI is InChI=1S/C52H59NO3/c1-32-26-43-45(52(8,9)25-24-50(43,4)5)30-41(32)38-16-17-39(28-38)46-21-19-40(31-53-46)48(55)56-47(54)34-12-10-33(11-13-34)35-14-15-36(27-35)37-18-20-42-44(29-37)51(6,7)23-22-49(42,2)3/h10-13,18-21,26-31,35,39H,14-17,22-25H2,1-9H3. The maximum Gasteiger partial charge on any atom is 0.347 e. The molecule has 4 aliphatic carbocycles. The molecule has 0 radical (unpaired) electrons. The average Bonchev–Trinajstić information content (AvgIpc) is 3.87. The molecule has 0 saturated heterocycles. The predicted molar refractivity (Wildman–Crippen MR) is 229 cm³/mol. The molecule has 4 aliphatic rings. The highest BCUT2D eigenvalue weighted by Gasteiger charge is 2.39. The summed E-state index contributed by atoms with van der Waals surface area (Å²) in [6.45, 7) is 21.3. The third-order valence-corrected chi connectivity index (χ3v) is 14.2. The highest BCUT2D eigenvalue weighted by atomic mass is 16.6. The van der Waals surface area contributed by atoms with Gasteiger partial charge in [0.2, 0.25) is 0 Å². The molecule has 0 bridgehead atoms. The Morgan fingerprint density at radius 3 is 1.77 bits per heavy atom. The fraction of sp³-hybridized carbons (Fsp3) is 0.442. The second-order valence-electron chi connectivity index (χ2n) is 20.0. The molecular weight excluding hydrogens is 687 g/mol. The highest BCUT2D eigenvalue weighted by Crippen LogP contribution is 2.50. The zero-order valence-electron chi connectivity index (χ0n) is 35.1. The van der Waals surface area contributed by atoms with Gasteiger partial charge in [-0.15, -0.1) is 0 Å². The quantitative estimate of drug-likeness (QED) is 0.146. The number of aryl methyl sites for hydroxylation is 1. The van der Waals surface area contributed by atoms with Crippen LogP contribution in [0.2, 0.25) is 0 Å². The summed E-state index contributed by atoms with van der Waals surface area (Å²) < 4.78 is 5.33. The minimum Gasteiger partial charge on any atom is -0.386 e. The number of fused-ring (bicyclic) bond motifs is 2. The number of aromatic nitrogens is 1. The van der Waals surface area contributed by atoms with Crippen molar-refractivity contribution in [3.63, 3.8) is 0 Å². The topological polar surface area (TPSA) is 56.3 Å². The lowest BCUT2D eigenvalue weighted by atomic mass is 9.62. The number of hydrogen-bond acceptors (Lipinski definition) is 4. The summed E-state index contributed by atoms with van der Waals surface area (Å²) in [5.41, 5.74) is 16.2. The molecule has 1 heterocycles. The first-order valence-electron chi connectivity index (χ1n) is 21.0. The van der Waals surface area contributed by atoms with Crippen LogP contribution in [0.15, 0.2) is 85.1 Å². The Morgan fingerprint density at radius 1 is 0.589 bits per heavy atom. The number of allylic oxidation sites excluding steroid dienone is 4. The predicted octanol–water partition coefficient (Wildman–Crippen LogP) is 13.0. The second-order valence-corrected chi connectivity index (χ2v) is 20.0. The largest absolute Gasteiger partial charge is 0.386 e. The first-order chi connectivity index (χ1) is 26.4. The van der Waals surface area contributed by atoms with Crippen LogP contribution in [0.25, 0.3) is 11.1 Å². The Balaban J connectivity index is 0.905. The van der Waals surface area contributed by atoms with Gasteiger partial charge in [0, 0.05) is 23.7 Å². The van der Waals surface area contributed by atoms with E-state index in [-0.39, 0.29) is 39.1 Å². The Morgan fingerprint density at radius 2 is 1.12 bits per heavy atom. The summed E-state index contributed by atoms with van der Waals surface area (Å²) in [6, 6.07) is 23.2. The molecule has 3 aromatic carbocycles. The molecule has 0 N–H and O–H groups in total. The van der Waals surface area contributed by atoms with Gasteiger partial charge in [-0.2, -0.15) is 0 Å². The van der Waals surface area contributed by atoms with Crippen LogP contribution < -0.4 is 0 Å². The second kappa shape index (κ2) is 13.8. The molecule has 2 unspecified atom stereocenters. The van der Waals surface area contributed by atoms with E-state index in [9.17, 15) is 9.59 Å². The zero-order chi connectivity index (χ0) is 39.8. The van der Waals surface area contributed by atoms with E-state index in [4.69, 9.17) is 4.74 Å². The number of ether oxygens (including phenoxy) is 1. The van der Waals surface area contributed by atoms with Crippen molar-refractivity contribution in [2.75, 3.05) is 0 Å². The maximum atomic E-state index is 13.1. The van der Waals surface area contributed by atoms with Crippen molar-refractivity contribution < 1.29 is 14.3 Å². The molecule has 0 spiro atoms. The third kappa shape index (κ3) is 7.03. The molecule has 0 aliphatic heterocycles. The van der Waals surface area contributed by atoms with E-state index in [0.29, 0.717) is 5.56 Å². The molecule has 0 amide bonds. The molecule has 4 nitrogen and oxygen atoms in total. The van der Waals surface area contributed by atoms with E-state index >= 15 is 0 Å². The lowest BCUT2D eigenvalue weighted by molar-refractivity contribution is 0.0397. The summed E-state index contributed by atoms with van der Waals surface area (Å²) in [4.78, 5) is 30.8. The van der Waals surface area contributed by atoms with Crippen LogP contribution in [0.5, 0.6) is 0 Å². The van der Waals surface area contributed by atoms with Crippen molar-refractivity contribution in [3.8, 4) is 0 Å². The van der Waals surface area contributed by atoms with E-state index in [0.717, 1.165) is 31.4 Å². The number of rotatable bonds is 6. The van der Waals surface area contributed by atoms with Crippen molar-refractivity contribution in [2.45, 2.75) is 147 Å². The third-order valence-electron chi connectivity index (χ3n) is 14.2. The molecule has 4 aromatic rings. The summed E-state index contributed by atoms with van der Waals surface area (Å²) in [5, 5.41) is 0. The van der Waals surface area contributed by atoms with Crippen LogP contribution in [0.3, 0.4) is 0 Å². The van der Waals surface area contributed by atoms with Gasteiger partial charge in [-0.3, -0.25) is 4.98 Å². The Bertz CT molecular complexity index is 2280. The smallest absolute Gasteiger partial charge is 0.347 e. The summed E-state index contributed by atoms with van der Waals surface area (Å²) in [5.74, 6) is -0.869. The highest BCUT2D eigenvalue weighted by molar-refractivity contribution is 6.02. The van der Waals surface area contributed by atoms with Gasteiger partial charge >= 0.3 is 11.9 Å². The number of carbonyl (C=O) groups is 2. The fourth-order valence-corrected chi connectivity index (χ4v) is 10.1. The van der Waals surface area contributed by atoms with Gasteiger partial charge in [-0.05, 0) is 160 Å². The number of pyridine rings is 1. The first kappa shape index (κ1) is 38.3. The molecule has 56 heavy (non-hydrogen) atoms. The minimum absolute atomic E-state index is 0.166. The normalized spacial score (nSPS) is 22.7. The molecule has 2 atom stereocenters. The molecule has 0 saturated carbocycles. The maximum absolute atomic E-state index is 13.1. The van der Waals surface area contributed by atoms with Crippen LogP contribution in [0.1, 0.15) is 190 Å². The molecule has 290 valence electrons. The van der Waals surface area contributed by atoms with Crippen molar-refractivity contribution in [1.29, 1.82) is 0 Å². The number of hydrogen-bond donors (Lipinski definition) is 0. The molecule has 0 fully saturated rings. The van der Waals surface area contributed by atoms with Crippen LogP contribution in [0.4, 0.5) is 0 Å². The minimum atomic E-state index is -0.684. The van der Waals surface area contributed by atoms with Crippen molar-refractivity contribution in [1.82, 2.24) is 4.98 Å². The van der Waals surface area contributed by atoms with E-state index < -0.39 is 11.9 Å². The summed E-state index contributed by atoms with van der Waals surface area (Å²) >= 11 is 0. The van der Waals surface area contributed by atoms with Crippen LogP contribution >= 0.6 is 0 Å². The fourth-order valence-electron chi connectivity index (χ4n) is 10.1. The number of benzene rings is 3. The number of esters is 2. The molecule has 1 aromatic heterocycles. The van der Waals surface area contributed by atoms with E-state index in [2.05, 4.69) is 110 Å². The molecular formula is C52H59NO3. The van der Waals surface area contributed by atoms with Gasteiger partial charge < -0.3 is 4.74 Å². The Labute approximate surface area is 334 Å². The van der Waals surface area contributed by atoms with Crippen molar-refractivity contribution >= 4 is 23.1 Å². The summed E-state index contributed by atoms with van der Waals surface area (Å²) in [7, 11) is 0. The average molecular weight is 746 g/mol. The van der Waals surface area contributed by atoms with Gasteiger partial charge in [0.15, 0.2) is 0 Å². The number of carbonyl (C=O) groups excluding carboxylic acids is 2. The van der Waals surface area contributed by atoms with Gasteiger partial charge in [-0.1, -0.05) is 110 Å². The van der Waals surface area contributed by atoms with Gasteiger partial charge in [0.05, 0.1) is 11.1 Å². The van der Waals surface area contributed by atoms with Crippen molar-refractivity contribution in [3.05, 3.63) is 146 Å². The first-order valence-corrected chi connectivity index (χ1v) is 21.0. The zero-order valence-corrected chi connectivity index (χ0v) is 35.1. The van der Waals surface area contributed by atoms with Gasteiger partial charge in [0.1, 0.15) is 0 Å². The summed E-state index contributed by atoms with van der Waals surface area (Å²) in [6.07, 6.45) is 15.2. The number of nitrogens with zero attached hydrogens (tertiary/aromatic N) is 1. The van der Waals surface area contributed by atoms with Crippen LogP contribution in [-0.2, 0) is 26.4 Å². The van der Waals surface area contributed by atoms with Gasteiger partial charge in [-0.25, -0.2) is 9.59 Å². The molecule has 8 rings (SSSR count). The Kier molecular flexibility index (Phi) is 9.45. The molecule has 4 heteroatoms. The van der Waals surface area contributed by atoms with Gasteiger partial charge in [0.25, 0.3) is 0 Å². The van der Waals surface area contributed by atoms with E-state index in [1.165, 1.54) is 81.3 Å². The van der Waals surface area contributed by atoms with Crippen LogP contribution in [0, 0.1) is 6.92 Å². The van der Waals surface area contributed by atoms with E-state index in [1.807, 2.05) is 18.2 Å². The monoisotopic (exact) mass is 745 g/mol. The van der Waals surface area contributed by atoms with Crippen LogP contribution in [-0.4, -0.2) is 16.9 Å². The Hall–Kier alpha value is -4.57.